The highest BCUT2D eigenvalue weighted by atomic mass is 35.5. The highest BCUT2D eigenvalue weighted by Crippen LogP contribution is 2.39. The molecule has 1 aliphatic heterocycles. The molecule has 2 aromatic carbocycles. The molecule has 3 aromatic rings. The Bertz CT molecular complexity index is 1250. The van der Waals surface area contributed by atoms with E-state index in [4.69, 9.17) is 34.8 Å². The molecule has 0 fully saturated rings. The first-order chi connectivity index (χ1) is 14.7. The summed E-state index contributed by atoms with van der Waals surface area (Å²) < 4.78 is 1.87. The van der Waals surface area contributed by atoms with Crippen molar-refractivity contribution in [2.24, 2.45) is 5.10 Å². The van der Waals surface area contributed by atoms with Crippen LogP contribution < -0.4 is 5.01 Å². The fourth-order valence-electron chi connectivity index (χ4n) is 3.52. The molecule has 8 heteroatoms. The van der Waals surface area contributed by atoms with Gasteiger partial charge in [-0.2, -0.15) is 15.2 Å². The van der Waals surface area contributed by atoms with Gasteiger partial charge in [-0.3, -0.25) is 4.79 Å². The molecule has 2 heterocycles. The number of benzene rings is 2. The molecular weight excluding hydrogens is 455 g/mol. The van der Waals surface area contributed by atoms with Gasteiger partial charge in [0.15, 0.2) is 0 Å². The molecule has 158 valence electrons. The standard InChI is InChI=1S/C23H19Cl3N4O/c1-12-5-7-17(8-6-12)29-15(4)18(13(2)27-29)11-19-14(3)28-30(23(19)31)22-20(25)9-16(24)10-21(22)26/h5-11H,1-4H3/b19-11+. The molecule has 0 N–H and O–H groups in total. The Morgan fingerprint density at radius 3 is 2.16 bits per heavy atom. The molecule has 1 aromatic heterocycles. The van der Waals surface area contributed by atoms with Crippen molar-refractivity contribution in [3.05, 3.63) is 79.6 Å². The third kappa shape index (κ3) is 3.89. The zero-order chi connectivity index (χ0) is 22.4. The normalized spacial score (nSPS) is 15.2. The first-order valence-corrected chi connectivity index (χ1v) is 10.7. The molecule has 0 bridgehead atoms. The van der Waals surface area contributed by atoms with Gasteiger partial charge in [-0.05, 0) is 58.0 Å². The van der Waals surface area contributed by atoms with Crippen LogP contribution in [0.5, 0.6) is 0 Å². The van der Waals surface area contributed by atoms with Gasteiger partial charge in [0, 0.05) is 16.3 Å². The number of amides is 1. The molecule has 1 amide bonds. The SMILES string of the molecule is CC1=NN(c2c(Cl)cc(Cl)cc2Cl)C(=O)/C1=C/c1c(C)nn(-c2ccc(C)cc2)c1C. The third-order valence-electron chi connectivity index (χ3n) is 5.17. The number of nitrogens with zero attached hydrogens (tertiary/aromatic N) is 4. The lowest BCUT2D eigenvalue weighted by Gasteiger charge is -2.15. The van der Waals surface area contributed by atoms with Crippen molar-refractivity contribution >= 4 is 58.2 Å². The van der Waals surface area contributed by atoms with Gasteiger partial charge >= 0.3 is 0 Å². The van der Waals surface area contributed by atoms with Crippen LogP contribution in [0, 0.1) is 20.8 Å². The average molecular weight is 474 g/mol. The summed E-state index contributed by atoms with van der Waals surface area (Å²) in [4.78, 5) is 13.2. The second-order valence-corrected chi connectivity index (χ2v) is 8.66. The van der Waals surface area contributed by atoms with E-state index in [1.54, 1.807) is 6.92 Å². The summed E-state index contributed by atoms with van der Waals surface area (Å²) in [5.41, 5.74) is 6.07. The minimum absolute atomic E-state index is 0.253. The van der Waals surface area contributed by atoms with Crippen LogP contribution in [0.2, 0.25) is 15.1 Å². The fraction of sp³-hybridized carbons (Fsp3) is 0.174. The zero-order valence-electron chi connectivity index (χ0n) is 17.4. The Morgan fingerprint density at radius 2 is 1.55 bits per heavy atom. The van der Waals surface area contributed by atoms with E-state index in [-0.39, 0.29) is 16.0 Å². The molecule has 0 unspecified atom stereocenters. The van der Waals surface area contributed by atoms with Gasteiger partial charge in [-0.15, -0.1) is 0 Å². The maximum absolute atomic E-state index is 13.2. The molecule has 5 nitrogen and oxygen atoms in total. The Morgan fingerprint density at radius 1 is 0.935 bits per heavy atom. The van der Waals surface area contributed by atoms with E-state index in [0.717, 1.165) is 22.6 Å². The number of carbonyl (C=O) groups excluding carboxylic acids is 1. The molecule has 1 aliphatic rings. The van der Waals surface area contributed by atoms with E-state index in [0.29, 0.717) is 22.0 Å². The highest BCUT2D eigenvalue weighted by molar-refractivity contribution is 6.44. The lowest BCUT2D eigenvalue weighted by atomic mass is 10.1. The van der Waals surface area contributed by atoms with Gasteiger partial charge in [0.05, 0.1) is 32.7 Å². The van der Waals surface area contributed by atoms with Gasteiger partial charge in [0.1, 0.15) is 5.69 Å². The minimum Gasteiger partial charge on any atom is -0.267 e. The van der Waals surface area contributed by atoms with Crippen molar-refractivity contribution in [2.45, 2.75) is 27.7 Å². The van der Waals surface area contributed by atoms with Gasteiger partial charge in [-0.1, -0.05) is 52.5 Å². The number of anilines is 1. The molecule has 0 aliphatic carbocycles. The Labute approximate surface area is 195 Å². The van der Waals surface area contributed by atoms with Gasteiger partial charge in [0.25, 0.3) is 5.91 Å². The Hall–Kier alpha value is -2.60. The number of hydrogen-bond acceptors (Lipinski definition) is 3. The molecule has 0 saturated heterocycles. The lowest BCUT2D eigenvalue weighted by Crippen LogP contribution is -2.22. The average Bonchev–Trinajstić information content (AvgIpc) is 3.13. The first kappa shape index (κ1) is 21.6. The molecule has 4 rings (SSSR count). The number of hydrogen-bond donors (Lipinski definition) is 0. The second kappa shape index (κ2) is 8.15. The second-order valence-electron chi connectivity index (χ2n) is 7.41. The number of halogens is 3. The van der Waals surface area contributed by atoms with Gasteiger partial charge < -0.3 is 0 Å². The summed E-state index contributed by atoms with van der Waals surface area (Å²) in [6.07, 6.45) is 1.82. The van der Waals surface area contributed by atoms with Crippen LogP contribution in [0.3, 0.4) is 0 Å². The number of aryl methyl sites for hydroxylation is 2. The molecule has 0 radical (unpaired) electrons. The van der Waals surface area contributed by atoms with Crippen molar-refractivity contribution in [3.8, 4) is 5.69 Å². The maximum atomic E-state index is 13.2. The number of carbonyl (C=O) groups is 1. The molecule has 31 heavy (non-hydrogen) atoms. The number of hydrazone groups is 1. The predicted octanol–water partition coefficient (Wildman–Crippen LogP) is 6.56. The minimum atomic E-state index is -0.314. The summed E-state index contributed by atoms with van der Waals surface area (Å²) >= 11 is 18.6. The van der Waals surface area contributed by atoms with Gasteiger partial charge in [-0.25, -0.2) is 4.68 Å². The van der Waals surface area contributed by atoms with Crippen molar-refractivity contribution < 1.29 is 4.79 Å². The summed E-state index contributed by atoms with van der Waals surface area (Å²) in [6, 6.07) is 11.2. The predicted molar refractivity (Wildman–Crippen MR) is 128 cm³/mol. The van der Waals surface area contributed by atoms with Crippen LogP contribution in [0.25, 0.3) is 11.8 Å². The molecule has 0 spiro atoms. The monoisotopic (exact) mass is 472 g/mol. The van der Waals surface area contributed by atoms with Crippen LogP contribution in [-0.2, 0) is 4.79 Å². The Kier molecular flexibility index (Phi) is 5.69. The van der Waals surface area contributed by atoms with Gasteiger partial charge in [0.2, 0.25) is 0 Å². The van der Waals surface area contributed by atoms with E-state index in [2.05, 4.69) is 10.2 Å². The van der Waals surface area contributed by atoms with E-state index in [1.807, 2.05) is 55.8 Å². The van der Waals surface area contributed by atoms with Crippen LogP contribution in [-0.4, -0.2) is 21.4 Å². The largest absolute Gasteiger partial charge is 0.280 e. The van der Waals surface area contributed by atoms with Crippen LogP contribution in [0.15, 0.2) is 47.1 Å². The third-order valence-corrected chi connectivity index (χ3v) is 5.96. The van der Waals surface area contributed by atoms with Crippen molar-refractivity contribution in [2.75, 3.05) is 5.01 Å². The summed E-state index contributed by atoms with van der Waals surface area (Å²) in [7, 11) is 0. The maximum Gasteiger partial charge on any atom is 0.280 e. The van der Waals surface area contributed by atoms with Crippen LogP contribution in [0.4, 0.5) is 5.69 Å². The topological polar surface area (TPSA) is 50.5 Å². The molecule has 0 saturated carbocycles. The van der Waals surface area contributed by atoms with E-state index >= 15 is 0 Å². The lowest BCUT2D eigenvalue weighted by molar-refractivity contribution is -0.114. The first-order valence-electron chi connectivity index (χ1n) is 9.57. The van der Waals surface area contributed by atoms with E-state index in [1.165, 1.54) is 22.7 Å². The smallest absolute Gasteiger partial charge is 0.267 e. The van der Waals surface area contributed by atoms with Crippen molar-refractivity contribution in [1.82, 2.24) is 9.78 Å². The molecule has 0 atom stereocenters. The summed E-state index contributed by atoms with van der Waals surface area (Å²) in [6.45, 7) is 7.71. The summed E-state index contributed by atoms with van der Waals surface area (Å²) in [5.74, 6) is -0.314. The zero-order valence-corrected chi connectivity index (χ0v) is 19.6. The van der Waals surface area contributed by atoms with Crippen LogP contribution >= 0.6 is 34.8 Å². The van der Waals surface area contributed by atoms with Crippen LogP contribution in [0.1, 0.15) is 29.4 Å². The summed E-state index contributed by atoms with van der Waals surface area (Å²) in [5, 5.41) is 11.2. The van der Waals surface area contributed by atoms with Crippen molar-refractivity contribution in [1.29, 1.82) is 0 Å². The fourth-order valence-corrected chi connectivity index (χ4v) is 4.50. The van der Waals surface area contributed by atoms with E-state index < -0.39 is 0 Å². The number of rotatable bonds is 3. The Balaban J connectivity index is 1.75. The molecular formula is C23H19Cl3N4O. The highest BCUT2D eigenvalue weighted by Gasteiger charge is 2.32. The number of aromatic nitrogens is 2. The quantitative estimate of drug-likeness (QED) is 0.404. The van der Waals surface area contributed by atoms with E-state index in [9.17, 15) is 4.79 Å². The van der Waals surface area contributed by atoms with Crippen molar-refractivity contribution in [3.63, 3.8) is 0 Å².